The third-order valence-electron chi connectivity index (χ3n) is 2.52. The molecule has 2 N–H and O–H groups in total. The third kappa shape index (κ3) is 1.63. The van der Waals surface area contributed by atoms with Crippen LogP contribution in [0.1, 0.15) is 16.1 Å². The van der Waals surface area contributed by atoms with Gasteiger partial charge in [0.1, 0.15) is 5.75 Å². The second kappa shape index (κ2) is 3.89. The number of aromatic nitrogens is 2. The Morgan fingerprint density at radius 2 is 2.18 bits per heavy atom. The van der Waals surface area contributed by atoms with Crippen LogP contribution < -0.4 is 4.74 Å². The summed E-state index contributed by atoms with van der Waals surface area (Å²) in [5.41, 5.74) is 1.36. The number of nitrogens with zero attached hydrogens (tertiary/aromatic N) is 1. The molecule has 0 aromatic carbocycles. The Morgan fingerprint density at radius 1 is 1.47 bits per heavy atom. The van der Waals surface area contributed by atoms with Gasteiger partial charge in [-0.15, -0.1) is 0 Å². The maximum Gasteiger partial charge on any atom is 0.377 e. The number of aryl methyl sites for hydroxylation is 1. The highest BCUT2D eigenvalue weighted by molar-refractivity contribution is 6.42. The number of ketones is 1. The van der Waals surface area contributed by atoms with Gasteiger partial charge in [0.25, 0.3) is 5.78 Å². The Morgan fingerprint density at radius 3 is 2.76 bits per heavy atom. The lowest BCUT2D eigenvalue weighted by Crippen LogP contribution is -2.12. The predicted octanol–water partition coefficient (Wildman–Crippen LogP) is 1.15. The number of ether oxygens (including phenoxy) is 1. The summed E-state index contributed by atoms with van der Waals surface area (Å²) in [6.07, 6.45) is 2.82. The lowest BCUT2D eigenvalue weighted by Gasteiger charge is -2.04. The normalized spacial score (nSPS) is 10.5. The molecule has 0 saturated heterocycles. The van der Waals surface area contributed by atoms with Crippen LogP contribution in [0.5, 0.6) is 5.75 Å². The molecule has 2 heterocycles. The average Bonchev–Trinajstić information content (AvgIpc) is 2.74. The zero-order valence-electron chi connectivity index (χ0n) is 9.27. The maximum atomic E-state index is 11.5. The fraction of sp³-hybridized carbons (Fsp3) is 0.182. The van der Waals surface area contributed by atoms with Gasteiger partial charge in [0.2, 0.25) is 0 Å². The molecule has 6 heteroatoms. The van der Waals surface area contributed by atoms with Gasteiger partial charge in [-0.1, -0.05) is 0 Å². The van der Waals surface area contributed by atoms with Gasteiger partial charge >= 0.3 is 5.97 Å². The summed E-state index contributed by atoms with van der Waals surface area (Å²) in [6.45, 7) is 1.76. The van der Waals surface area contributed by atoms with Crippen LogP contribution >= 0.6 is 0 Å². The van der Waals surface area contributed by atoms with E-state index in [1.807, 2.05) is 0 Å². The molecule has 0 unspecified atom stereocenters. The van der Waals surface area contributed by atoms with E-state index in [9.17, 15) is 9.59 Å². The van der Waals surface area contributed by atoms with E-state index in [2.05, 4.69) is 9.97 Å². The monoisotopic (exact) mass is 234 g/mol. The fourth-order valence-corrected chi connectivity index (χ4v) is 1.70. The van der Waals surface area contributed by atoms with Gasteiger partial charge in [-0.25, -0.2) is 4.79 Å². The van der Waals surface area contributed by atoms with Crippen LogP contribution in [-0.2, 0) is 4.79 Å². The minimum Gasteiger partial charge on any atom is -0.494 e. The number of Topliss-reactive ketones (excluding diaryl/α,β-unsaturated/α-hetero) is 1. The highest BCUT2D eigenvalue weighted by atomic mass is 16.5. The van der Waals surface area contributed by atoms with Crippen LogP contribution in [0.3, 0.4) is 0 Å². The topological polar surface area (TPSA) is 92.3 Å². The van der Waals surface area contributed by atoms with Gasteiger partial charge in [-0.2, -0.15) is 0 Å². The van der Waals surface area contributed by atoms with E-state index < -0.39 is 11.8 Å². The number of pyridine rings is 1. The first-order valence-electron chi connectivity index (χ1n) is 4.84. The summed E-state index contributed by atoms with van der Waals surface area (Å²) >= 11 is 0. The van der Waals surface area contributed by atoms with Gasteiger partial charge in [0, 0.05) is 6.20 Å². The number of hydrogen-bond donors (Lipinski definition) is 2. The van der Waals surface area contributed by atoms with Crippen molar-refractivity contribution in [3.8, 4) is 5.75 Å². The molecule has 0 amide bonds. The molecule has 2 aromatic rings. The Bertz CT molecular complexity index is 615. The van der Waals surface area contributed by atoms with Crippen molar-refractivity contribution in [2.45, 2.75) is 6.92 Å². The Kier molecular flexibility index (Phi) is 2.55. The van der Waals surface area contributed by atoms with Gasteiger partial charge in [0.15, 0.2) is 0 Å². The standard InChI is InChI=1S/C11H10N2O4/c1-5-9-8(7(17-2)4-12-5)6(3-13-9)10(14)11(15)16/h3-4,13H,1-2H3,(H,15,16). The quantitative estimate of drug-likeness (QED) is 0.613. The lowest BCUT2D eigenvalue weighted by atomic mass is 10.1. The van der Waals surface area contributed by atoms with Crippen LogP contribution in [0.4, 0.5) is 0 Å². The van der Waals surface area contributed by atoms with Crippen molar-refractivity contribution in [1.82, 2.24) is 9.97 Å². The van der Waals surface area contributed by atoms with Crippen molar-refractivity contribution in [2.75, 3.05) is 7.11 Å². The highest BCUT2D eigenvalue weighted by Gasteiger charge is 2.22. The van der Waals surface area contributed by atoms with E-state index in [-0.39, 0.29) is 5.56 Å². The van der Waals surface area contributed by atoms with Gasteiger partial charge in [0.05, 0.1) is 35.5 Å². The predicted molar refractivity (Wildman–Crippen MR) is 59.3 cm³/mol. The van der Waals surface area contributed by atoms with Crippen molar-refractivity contribution in [1.29, 1.82) is 0 Å². The SMILES string of the molecule is COc1cnc(C)c2[nH]cc(C(=O)C(=O)O)c12. The number of carboxylic acids is 1. The van der Waals surface area contributed by atoms with Gasteiger partial charge in [-0.3, -0.25) is 9.78 Å². The molecular formula is C11H10N2O4. The van der Waals surface area contributed by atoms with Gasteiger partial charge < -0.3 is 14.8 Å². The number of aromatic amines is 1. The smallest absolute Gasteiger partial charge is 0.377 e. The largest absolute Gasteiger partial charge is 0.494 e. The molecule has 0 spiro atoms. The van der Waals surface area contributed by atoms with Crippen LogP contribution in [0.25, 0.3) is 10.9 Å². The molecule has 0 aliphatic heterocycles. The number of hydrogen-bond acceptors (Lipinski definition) is 4. The number of rotatable bonds is 3. The van der Waals surface area contributed by atoms with E-state index in [1.54, 1.807) is 6.92 Å². The molecule has 17 heavy (non-hydrogen) atoms. The minimum absolute atomic E-state index is 0.0786. The molecule has 0 fully saturated rings. The van der Waals surface area contributed by atoms with E-state index in [1.165, 1.54) is 19.5 Å². The molecule has 0 bridgehead atoms. The molecule has 0 saturated carbocycles. The molecule has 6 nitrogen and oxygen atoms in total. The molecule has 0 atom stereocenters. The lowest BCUT2D eigenvalue weighted by molar-refractivity contribution is -0.131. The second-order valence-corrected chi connectivity index (χ2v) is 3.50. The summed E-state index contributed by atoms with van der Waals surface area (Å²) in [5, 5.41) is 9.18. The highest BCUT2D eigenvalue weighted by Crippen LogP contribution is 2.29. The molecule has 2 rings (SSSR count). The molecular weight excluding hydrogens is 224 g/mol. The van der Waals surface area contributed by atoms with E-state index in [0.717, 1.165) is 0 Å². The summed E-state index contributed by atoms with van der Waals surface area (Å²) in [4.78, 5) is 29.1. The van der Waals surface area contributed by atoms with E-state index >= 15 is 0 Å². The van der Waals surface area contributed by atoms with E-state index in [0.29, 0.717) is 22.3 Å². The Labute approximate surface area is 96.2 Å². The molecule has 0 aliphatic rings. The summed E-state index contributed by atoms with van der Waals surface area (Å²) in [7, 11) is 1.44. The fourth-order valence-electron chi connectivity index (χ4n) is 1.70. The van der Waals surface area contributed by atoms with Crippen LogP contribution in [0.2, 0.25) is 0 Å². The first-order chi connectivity index (χ1) is 8.06. The van der Waals surface area contributed by atoms with Crippen molar-refractivity contribution in [2.24, 2.45) is 0 Å². The summed E-state index contributed by atoms with van der Waals surface area (Å²) < 4.78 is 5.08. The number of carbonyl (C=O) groups is 2. The zero-order valence-corrected chi connectivity index (χ0v) is 9.27. The Balaban J connectivity index is 2.78. The van der Waals surface area contributed by atoms with E-state index in [4.69, 9.17) is 9.84 Å². The summed E-state index contributed by atoms with van der Waals surface area (Å²) in [6, 6.07) is 0. The Hall–Kier alpha value is -2.37. The number of carbonyl (C=O) groups excluding carboxylic acids is 1. The average molecular weight is 234 g/mol. The maximum absolute atomic E-state index is 11.5. The number of H-pyrrole nitrogens is 1. The third-order valence-corrected chi connectivity index (χ3v) is 2.52. The number of nitrogens with one attached hydrogen (secondary N) is 1. The van der Waals surface area contributed by atoms with Crippen LogP contribution in [-0.4, -0.2) is 33.9 Å². The van der Waals surface area contributed by atoms with Crippen molar-refractivity contribution in [3.63, 3.8) is 0 Å². The molecule has 0 aliphatic carbocycles. The minimum atomic E-state index is -1.50. The van der Waals surface area contributed by atoms with Crippen molar-refractivity contribution < 1.29 is 19.4 Å². The second-order valence-electron chi connectivity index (χ2n) is 3.50. The first kappa shape index (κ1) is 11.1. The molecule has 2 aromatic heterocycles. The van der Waals surface area contributed by atoms with Crippen LogP contribution in [0.15, 0.2) is 12.4 Å². The first-order valence-corrected chi connectivity index (χ1v) is 4.84. The molecule has 0 radical (unpaired) electrons. The number of aliphatic carboxylic acids is 1. The van der Waals surface area contributed by atoms with Crippen LogP contribution in [0, 0.1) is 6.92 Å². The van der Waals surface area contributed by atoms with Crippen molar-refractivity contribution >= 4 is 22.7 Å². The van der Waals surface area contributed by atoms with Gasteiger partial charge in [-0.05, 0) is 6.92 Å². The number of fused-ring (bicyclic) bond motifs is 1. The van der Waals surface area contributed by atoms with Crippen molar-refractivity contribution in [3.05, 3.63) is 23.7 Å². The molecule has 88 valence electrons. The summed E-state index contributed by atoms with van der Waals surface area (Å²) in [5.74, 6) is -2.10. The number of methoxy groups -OCH3 is 1. The number of carboxylic acid groups (broad SMARTS) is 1. The zero-order chi connectivity index (χ0) is 12.6.